The summed E-state index contributed by atoms with van der Waals surface area (Å²) in [6, 6.07) is 7.73. The fourth-order valence-corrected chi connectivity index (χ4v) is 2.91. The summed E-state index contributed by atoms with van der Waals surface area (Å²) in [6.45, 7) is 0.660. The van der Waals surface area contributed by atoms with Crippen molar-refractivity contribution in [3.8, 4) is 5.69 Å². The molecule has 1 aliphatic rings. The Bertz CT molecular complexity index is 727. The van der Waals surface area contributed by atoms with Crippen LogP contribution in [0.1, 0.15) is 28.9 Å². The lowest BCUT2D eigenvalue weighted by molar-refractivity contribution is -0.143. The molecule has 0 spiro atoms. The number of likely N-dealkylation sites (tertiary alicyclic amines) is 1. The first-order valence-corrected chi connectivity index (χ1v) is 7.63. The van der Waals surface area contributed by atoms with Crippen molar-refractivity contribution in [3.63, 3.8) is 0 Å². The Balaban J connectivity index is 2.02. The van der Waals surface area contributed by atoms with E-state index in [0.717, 1.165) is 17.3 Å². The fourth-order valence-electron chi connectivity index (χ4n) is 2.91. The van der Waals surface area contributed by atoms with Gasteiger partial charge in [0, 0.05) is 19.1 Å². The molecule has 8 heteroatoms. The molecule has 1 aliphatic heterocycles. The highest BCUT2D eigenvalue weighted by Crippen LogP contribution is 2.34. The van der Waals surface area contributed by atoms with Crippen LogP contribution < -0.4 is 5.73 Å². The van der Waals surface area contributed by atoms with Gasteiger partial charge in [0.2, 0.25) is 0 Å². The minimum Gasteiger partial charge on any atom is -0.337 e. The van der Waals surface area contributed by atoms with Crippen molar-refractivity contribution >= 4 is 5.91 Å². The molecule has 1 aromatic heterocycles. The molecule has 1 amide bonds. The number of nitrogens with two attached hydrogens (primary N) is 1. The van der Waals surface area contributed by atoms with Crippen LogP contribution >= 0.6 is 0 Å². The van der Waals surface area contributed by atoms with Gasteiger partial charge in [-0.15, -0.1) is 0 Å². The summed E-state index contributed by atoms with van der Waals surface area (Å²) >= 11 is 0. The number of nitrogens with zero attached hydrogens (tertiary/aromatic N) is 3. The van der Waals surface area contributed by atoms with E-state index in [9.17, 15) is 18.0 Å². The molecular formula is C16H17F3N4O. The topological polar surface area (TPSA) is 64.2 Å². The van der Waals surface area contributed by atoms with Gasteiger partial charge in [0.25, 0.3) is 5.91 Å². The zero-order chi connectivity index (χ0) is 17.3. The van der Waals surface area contributed by atoms with Crippen LogP contribution in [-0.4, -0.2) is 39.7 Å². The summed E-state index contributed by atoms with van der Waals surface area (Å²) in [5.74, 6) is -0.681. The molecule has 24 heavy (non-hydrogen) atoms. The number of rotatable bonds is 2. The van der Waals surface area contributed by atoms with E-state index in [2.05, 4.69) is 5.10 Å². The molecule has 3 rings (SSSR count). The second-order valence-electron chi connectivity index (χ2n) is 5.81. The number of piperidine rings is 1. The first-order chi connectivity index (χ1) is 11.4. The molecule has 2 aromatic rings. The number of aromatic nitrogens is 2. The molecule has 0 bridgehead atoms. The number of hydrogen-bond acceptors (Lipinski definition) is 3. The summed E-state index contributed by atoms with van der Waals surface area (Å²) in [4.78, 5) is 13.9. The average Bonchev–Trinajstić information content (AvgIpc) is 3.00. The fraction of sp³-hybridized carbons (Fsp3) is 0.375. The number of para-hydroxylation sites is 1. The van der Waals surface area contributed by atoms with Crippen molar-refractivity contribution < 1.29 is 18.0 Å². The van der Waals surface area contributed by atoms with Crippen LogP contribution in [-0.2, 0) is 6.18 Å². The first-order valence-electron chi connectivity index (χ1n) is 7.63. The number of carbonyl (C=O) groups is 1. The maximum atomic E-state index is 13.6. The van der Waals surface area contributed by atoms with Crippen molar-refractivity contribution in [1.82, 2.24) is 14.7 Å². The molecule has 0 unspecified atom stereocenters. The minimum absolute atomic E-state index is 0.207. The van der Waals surface area contributed by atoms with Crippen LogP contribution in [0.2, 0.25) is 0 Å². The van der Waals surface area contributed by atoms with E-state index in [4.69, 9.17) is 5.73 Å². The van der Waals surface area contributed by atoms with Crippen LogP contribution in [0.4, 0.5) is 13.2 Å². The number of benzene rings is 1. The van der Waals surface area contributed by atoms with Gasteiger partial charge in [0.1, 0.15) is 0 Å². The standard InChI is InChI=1S/C16H17F3N4O/c17-16(18,19)14-13(15(24)22-8-4-5-11(20)10-22)9-21-23(14)12-6-2-1-3-7-12/h1-3,6-7,9,11H,4-5,8,10,20H2/t11-/m0/s1. The van der Waals surface area contributed by atoms with Gasteiger partial charge in [0.15, 0.2) is 5.69 Å². The highest BCUT2D eigenvalue weighted by atomic mass is 19.4. The summed E-state index contributed by atoms with van der Waals surface area (Å²) in [5.41, 5.74) is 4.57. The third-order valence-corrected chi connectivity index (χ3v) is 4.01. The van der Waals surface area contributed by atoms with Gasteiger partial charge in [-0.3, -0.25) is 4.79 Å². The normalized spacial score (nSPS) is 18.7. The molecule has 1 fully saturated rings. The highest BCUT2D eigenvalue weighted by Gasteiger charge is 2.41. The predicted octanol–water partition coefficient (Wildman–Crippen LogP) is 2.45. The van der Waals surface area contributed by atoms with E-state index in [1.807, 2.05) is 0 Å². The molecule has 128 valence electrons. The van der Waals surface area contributed by atoms with Gasteiger partial charge < -0.3 is 10.6 Å². The summed E-state index contributed by atoms with van der Waals surface area (Å²) in [6.07, 6.45) is -2.27. The Morgan fingerprint density at radius 3 is 2.58 bits per heavy atom. The zero-order valence-corrected chi connectivity index (χ0v) is 12.8. The van der Waals surface area contributed by atoms with E-state index in [1.165, 1.54) is 17.0 Å². The van der Waals surface area contributed by atoms with E-state index in [0.29, 0.717) is 13.0 Å². The number of carbonyl (C=O) groups excluding carboxylic acids is 1. The molecule has 2 N–H and O–H groups in total. The number of hydrogen-bond donors (Lipinski definition) is 1. The minimum atomic E-state index is -4.70. The Labute approximate surface area is 136 Å². The van der Waals surface area contributed by atoms with Crippen LogP contribution in [0, 0.1) is 0 Å². The molecular weight excluding hydrogens is 321 g/mol. The Morgan fingerprint density at radius 1 is 1.25 bits per heavy atom. The Kier molecular flexibility index (Phi) is 4.31. The Hall–Kier alpha value is -2.35. The second-order valence-corrected chi connectivity index (χ2v) is 5.81. The highest BCUT2D eigenvalue weighted by molar-refractivity contribution is 5.95. The van der Waals surface area contributed by atoms with E-state index >= 15 is 0 Å². The monoisotopic (exact) mass is 338 g/mol. The first kappa shape index (κ1) is 16.5. The molecule has 1 aromatic carbocycles. The van der Waals surface area contributed by atoms with Crippen molar-refractivity contribution in [2.45, 2.75) is 25.1 Å². The lowest BCUT2D eigenvalue weighted by atomic mass is 10.1. The molecule has 5 nitrogen and oxygen atoms in total. The molecule has 1 saturated heterocycles. The van der Waals surface area contributed by atoms with Crippen LogP contribution in [0.25, 0.3) is 5.69 Å². The summed E-state index contributed by atoms with van der Waals surface area (Å²) in [7, 11) is 0. The van der Waals surface area contributed by atoms with Crippen LogP contribution in [0.5, 0.6) is 0 Å². The van der Waals surface area contributed by atoms with Crippen molar-refractivity contribution in [1.29, 1.82) is 0 Å². The van der Waals surface area contributed by atoms with Gasteiger partial charge in [-0.25, -0.2) is 4.68 Å². The van der Waals surface area contributed by atoms with E-state index in [-0.39, 0.29) is 18.3 Å². The third-order valence-electron chi connectivity index (χ3n) is 4.01. The molecule has 2 heterocycles. The van der Waals surface area contributed by atoms with Crippen molar-refractivity contribution in [2.75, 3.05) is 13.1 Å². The van der Waals surface area contributed by atoms with Crippen LogP contribution in [0.15, 0.2) is 36.5 Å². The Morgan fingerprint density at radius 2 is 1.96 bits per heavy atom. The molecule has 0 aliphatic carbocycles. The van der Waals surface area contributed by atoms with E-state index < -0.39 is 23.3 Å². The maximum Gasteiger partial charge on any atom is 0.434 e. The molecule has 0 saturated carbocycles. The van der Waals surface area contributed by atoms with Crippen molar-refractivity contribution in [3.05, 3.63) is 47.8 Å². The smallest absolute Gasteiger partial charge is 0.337 e. The summed E-state index contributed by atoms with van der Waals surface area (Å²) < 4.78 is 41.5. The van der Waals surface area contributed by atoms with Gasteiger partial charge in [-0.05, 0) is 25.0 Å². The van der Waals surface area contributed by atoms with Crippen LogP contribution in [0.3, 0.4) is 0 Å². The molecule has 0 radical (unpaired) electrons. The largest absolute Gasteiger partial charge is 0.434 e. The van der Waals surface area contributed by atoms with Crippen molar-refractivity contribution in [2.24, 2.45) is 5.73 Å². The lowest BCUT2D eigenvalue weighted by Crippen LogP contribution is -2.46. The number of alkyl halides is 3. The second kappa shape index (κ2) is 6.27. The third kappa shape index (κ3) is 3.14. The predicted molar refractivity (Wildman–Crippen MR) is 81.7 cm³/mol. The van der Waals surface area contributed by atoms with Gasteiger partial charge in [-0.1, -0.05) is 18.2 Å². The maximum absolute atomic E-state index is 13.6. The van der Waals surface area contributed by atoms with E-state index in [1.54, 1.807) is 18.2 Å². The van der Waals surface area contributed by atoms with Gasteiger partial charge in [0.05, 0.1) is 17.4 Å². The lowest BCUT2D eigenvalue weighted by Gasteiger charge is -2.30. The summed E-state index contributed by atoms with van der Waals surface area (Å²) in [5, 5.41) is 3.81. The SMILES string of the molecule is N[C@H]1CCCN(C(=O)c2cnn(-c3ccccc3)c2C(F)(F)F)C1. The number of halogens is 3. The average molecular weight is 338 g/mol. The van der Waals surface area contributed by atoms with Gasteiger partial charge >= 0.3 is 6.18 Å². The quantitative estimate of drug-likeness (QED) is 0.915. The van der Waals surface area contributed by atoms with Gasteiger partial charge in [-0.2, -0.15) is 18.3 Å². The molecule has 1 atom stereocenters. The zero-order valence-electron chi connectivity index (χ0n) is 12.8. The number of amides is 1.